The highest BCUT2D eigenvalue weighted by atomic mass is 16.7. The van der Waals surface area contributed by atoms with Crippen LogP contribution >= 0.6 is 0 Å². The fourth-order valence-electron chi connectivity index (χ4n) is 2.50. The van der Waals surface area contributed by atoms with Gasteiger partial charge in [0.2, 0.25) is 5.91 Å². The topological polar surface area (TPSA) is 65.1 Å². The van der Waals surface area contributed by atoms with Gasteiger partial charge in [0.05, 0.1) is 7.11 Å². The molecule has 25 heavy (non-hydrogen) atoms. The van der Waals surface area contributed by atoms with Crippen molar-refractivity contribution in [3.05, 3.63) is 35.4 Å². The summed E-state index contributed by atoms with van der Waals surface area (Å²) in [5, 5.41) is 0. The summed E-state index contributed by atoms with van der Waals surface area (Å²) in [6.07, 6.45) is 0. The second-order valence-electron chi connectivity index (χ2n) is 7.00. The third-order valence-corrected chi connectivity index (χ3v) is 4.12. The number of amides is 1. The molecule has 6 heteroatoms. The van der Waals surface area contributed by atoms with Crippen LogP contribution in [0.25, 0.3) is 0 Å². The Bertz CT molecular complexity index is 602. The number of carbonyl (C=O) groups is 2. The number of methoxy groups -OCH3 is 3. The maximum atomic E-state index is 12.8. The van der Waals surface area contributed by atoms with E-state index in [2.05, 4.69) is 0 Å². The van der Waals surface area contributed by atoms with Crippen LogP contribution in [0.3, 0.4) is 0 Å². The van der Waals surface area contributed by atoms with Crippen LogP contribution in [0.2, 0.25) is 0 Å². The van der Waals surface area contributed by atoms with Gasteiger partial charge in [-0.05, 0) is 12.5 Å². The first-order valence-electron chi connectivity index (χ1n) is 8.14. The maximum absolute atomic E-state index is 12.8. The van der Waals surface area contributed by atoms with E-state index in [0.29, 0.717) is 0 Å². The predicted molar refractivity (Wildman–Crippen MR) is 94.7 cm³/mol. The van der Waals surface area contributed by atoms with Gasteiger partial charge in [-0.3, -0.25) is 9.59 Å². The molecule has 6 nitrogen and oxygen atoms in total. The van der Waals surface area contributed by atoms with E-state index in [4.69, 9.17) is 14.2 Å². The monoisotopic (exact) mass is 351 g/mol. The minimum absolute atomic E-state index is 0.113. The molecule has 0 aliphatic heterocycles. The van der Waals surface area contributed by atoms with E-state index in [1.54, 1.807) is 14.2 Å². The van der Waals surface area contributed by atoms with Gasteiger partial charge < -0.3 is 19.1 Å². The second kappa shape index (κ2) is 8.45. The summed E-state index contributed by atoms with van der Waals surface area (Å²) in [7, 11) is 4.43. The van der Waals surface area contributed by atoms with Gasteiger partial charge in [0.1, 0.15) is 6.54 Å². The lowest BCUT2D eigenvalue weighted by Gasteiger charge is -2.32. The highest BCUT2D eigenvalue weighted by Gasteiger charge is 2.32. The number of nitrogens with zero attached hydrogens (tertiary/aromatic N) is 1. The van der Waals surface area contributed by atoms with Gasteiger partial charge in [-0.1, -0.05) is 45.0 Å². The van der Waals surface area contributed by atoms with Crippen molar-refractivity contribution in [1.29, 1.82) is 0 Å². The summed E-state index contributed by atoms with van der Waals surface area (Å²) in [5.41, 5.74) is 1.03. The molecule has 0 radical (unpaired) electrons. The molecule has 0 heterocycles. The van der Waals surface area contributed by atoms with Gasteiger partial charge in [-0.25, -0.2) is 0 Å². The molecule has 0 spiro atoms. The zero-order valence-corrected chi connectivity index (χ0v) is 16.2. The lowest BCUT2D eigenvalue weighted by atomic mass is 9.93. The van der Waals surface area contributed by atoms with E-state index >= 15 is 0 Å². The van der Waals surface area contributed by atoms with Crippen molar-refractivity contribution in [2.45, 2.75) is 40.0 Å². The van der Waals surface area contributed by atoms with Crippen molar-refractivity contribution < 1.29 is 23.8 Å². The Balaban J connectivity index is 3.25. The quantitative estimate of drug-likeness (QED) is 0.558. The molecular formula is C19H29NO5. The summed E-state index contributed by atoms with van der Waals surface area (Å²) >= 11 is 0. The normalized spacial score (nSPS) is 12.0. The summed E-state index contributed by atoms with van der Waals surface area (Å²) in [6.45, 7) is 7.41. The molecule has 1 aromatic rings. The third-order valence-electron chi connectivity index (χ3n) is 4.12. The van der Waals surface area contributed by atoms with Crippen molar-refractivity contribution >= 4 is 11.9 Å². The average molecular weight is 351 g/mol. The van der Waals surface area contributed by atoms with E-state index in [0.717, 1.165) is 11.1 Å². The Morgan fingerprint density at radius 1 is 1.00 bits per heavy atom. The standard InChI is InChI=1S/C19H29NO5/c1-18(2,3)17(22)20(13-16(21)23-5)12-14-10-8-9-11-15(14)19(4,24-6)25-7/h8-11H,12-13H2,1-7H3. The fourth-order valence-corrected chi connectivity index (χ4v) is 2.50. The van der Waals surface area contributed by atoms with E-state index in [-0.39, 0.29) is 19.0 Å². The number of esters is 1. The SMILES string of the molecule is COC(=O)CN(Cc1ccccc1C(C)(OC)OC)C(=O)C(C)(C)C. The molecule has 0 N–H and O–H groups in total. The van der Waals surface area contributed by atoms with Crippen molar-refractivity contribution in [2.24, 2.45) is 5.41 Å². The zero-order chi connectivity index (χ0) is 19.3. The van der Waals surface area contributed by atoms with E-state index in [1.165, 1.54) is 12.0 Å². The first kappa shape index (κ1) is 21.1. The Morgan fingerprint density at radius 2 is 1.56 bits per heavy atom. The van der Waals surface area contributed by atoms with Gasteiger partial charge in [-0.15, -0.1) is 0 Å². The number of benzene rings is 1. The molecular weight excluding hydrogens is 322 g/mol. The molecule has 0 aliphatic rings. The minimum atomic E-state index is -0.946. The lowest BCUT2D eigenvalue weighted by molar-refractivity contribution is -0.202. The second-order valence-corrected chi connectivity index (χ2v) is 7.00. The van der Waals surface area contributed by atoms with Crippen molar-refractivity contribution in [3.8, 4) is 0 Å². The first-order chi connectivity index (χ1) is 11.6. The van der Waals surface area contributed by atoms with Crippen LogP contribution in [0.4, 0.5) is 0 Å². The molecule has 0 bridgehead atoms. The van der Waals surface area contributed by atoms with Crippen LogP contribution in [-0.2, 0) is 36.1 Å². The molecule has 0 saturated heterocycles. The fraction of sp³-hybridized carbons (Fsp3) is 0.579. The van der Waals surface area contributed by atoms with Crippen LogP contribution in [0, 0.1) is 5.41 Å². The number of ether oxygens (including phenoxy) is 3. The van der Waals surface area contributed by atoms with Crippen LogP contribution in [-0.4, -0.2) is 44.7 Å². The van der Waals surface area contributed by atoms with Gasteiger partial charge in [-0.2, -0.15) is 0 Å². The number of carbonyl (C=O) groups excluding carboxylic acids is 2. The molecule has 1 amide bonds. The van der Waals surface area contributed by atoms with E-state index < -0.39 is 17.2 Å². The Hall–Kier alpha value is -1.92. The summed E-state index contributed by atoms with van der Waals surface area (Å²) in [5.74, 6) is -1.54. The van der Waals surface area contributed by atoms with Gasteiger partial charge >= 0.3 is 5.97 Å². The van der Waals surface area contributed by atoms with Crippen LogP contribution in [0.15, 0.2) is 24.3 Å². The largest absolute Gasteiger partial charge is 0.468 e. The summed E-state index contributed by atoms with van der Waals surface area (Å²) < 4.78 is 15.8. The van der Waals surface area contributed by atoms with E-state index in [9.17, 15) is 9.59 Å². The molecule has 0 aliphatic carbocycles. The van der Waals surface area contributed by atoms with Crippen molar-refractivity contribution in [1.82, 2.24) is 4.90 Å². The maximum Gasteiger partial charge on any atom is 0.325 e. The average Bonchev–Trinajstić information content (AvgIpc) is 2.59. The summed E-state index contributed by atoms with van der Waals surface area (Å²) in [4.78, 5) is 26.0. The molecule has 0 saturated carbocycles. The Kier molecular flexibility index (Phi) is 7.14. The van der Waals surface area contributed by atoms with E-state index in [1.807, 2.05) is 52.0 Å². The van der Waals surface area contributed by atoms with Gasteiger partial charge in [0.15, 0.2) is 5.79 Å². The third kappa shape index (κ3) is 5.28. The molecule has 1 rings (SSSR count). The first-order valence-corrected chi connectivity index (χ1v) is 8.14. The summed E-state index contributed by atoms with van der Waals surface area (Å²) in [6, 6.07) is 7.54. The molecule has 0 atom stereocenters. The number of hydrogen-bond acceptors (Lipinski definition) is 5. The molecule has 0 fully saturated rings. The van der Waals surface area contributed by atoms with Crippen molar-refractivity contribution in [2.75, 3.05) is 27.9 Å². The molecule has 1 aromatic carbocycles. The molecule has 140 valence electrons. The van der Waals surface area contributed by atoms with Crippen LogP contribution in [0.1, 0.15) is 38.8 Å². The molecule has 0 unspecified atom stereocenters. The highest BCUT2D eigenvalue weighted by Crippen LogP contribution is 2.30. The van der Waals surface area contributed by atoms with Gasteiger partial charge in [0, 0.05) is 31.7 Å². The van der Waals surface area contributed by atoms with Crippen LogP contribution < -0.4 is 0 Å². The number of hydrogen-bond donors (Lipinski definition) is 0. The van der Waals surface area contributed by atoms with Crippen molar-refractivity contribution in [3.63, 3.8) is 0 Å². The minimum Gasteiger partial charge on any atom is -0.468 e. The predicted octanol–water partition coefficient (Wildman–Crippen LogP) is 2.70. The lowest BCUT2D eigenvalue weighted by Crippen LogP contribution is -2.42. The van der Waals surface area contributed by atoms with Crippen LogP contribution in [0.5, 0.6) is 0 Å². The zero-order valence-electron chi connectivity index (χ0n) is 16.2. The molecule has 0 aromatic heterocycles. The number of rotatable bonds is 7. The smallest absolute Gasteiger partial charge is 0.325 e. The highest BCUT2D eigenvalue weighted by molar-refractivity contribution is 5.85. The van der Waals surface area contributed by atoms with Gasteiger partial charge in [0.25, 0.3) is 0 Å². The Labute approximate surface area is 150 Å². The Morgan fingerprint density at radius 3 is 2.04 bits per heavy atom.